The number of aryl methyl sites for hydroxylation is 1. The molecule has 0 fully saturated rings. The summed E-state index contributed by atoms with van der Waals surface area (Å²) in [6, 6.07) is 0. The van der Waals surface area contributed by atoms with Gasteiger partial charge in [-0.3, -0.25) is 9.59 Å². The lowest BCUT2D eigenvalue weighted by Crippen LogP contribution is -2.31. The Morgan fingerprint density at radius 1 is 1.46 bits per heavy atom. The number of H-pyrrole nitrogens is 1. The van der Waals surface area contributed by atoms with Gasteiger partial charge in [-0.05, 0) is 0 Å². The van der Waals surface area contributed by atoms with Crippen molar-refractivity contribution in [3.05, 3.63) is 33.2 Å². The van der Waals surface area contributed by atoms with E-state index in [2.05, 4.69) is 15.0 Å². The van der Waals surface area contributed by atoms with E-state index in [0.29, 0.717) is 5.69 Å². The summed E-state index contributed by atoms with van der Waals surface area (Å²) >= 11 is 0. The van der Waals surface area contributed by atoms with E-state index < -0.39 is 11.1 Å². The summed E-state index contributed by atoms with van der Waals surface area (Å²) in [6.45, 7) is 0. The van der Waals surface area contributed by atoms with Crippen molar-refractivity contribution < 1.29 is 0 Å². The molecule has 0 bridgehead atoms. The van der Waals surface area contributed by atoms with Crippen molar-refractivity contribution >= 4 is 0 Å². The molecule has 0 radical (unpaired) electrons. The summed E-state index contributed by atoms with van der Waals surface area (Å²) in [5, 5.41) is 0. The van der Waals surface area contributed by atoms with Gasteiger partial charge in [-0.25, -0.2) is 4.98 Å². The molecule has 0 aromatic rings. The third-order valence-corrected chi connectivity index (χ3v) is 1.59. The van der Waals surface area contributed by atoms with Crippen molar-refractivity contribution in [2.45, 2.75) is 0 Å². The largest absolute Gasteiger partial charge is 0.340 e. The Morgan fingerprint density at radius 2 is 2.23 bits per heavy atom. The molecule has 13 heavy (non-hydrogen) atoms. The zero-order valence-corrected chi connectivity index (χ0v) is 6.81. The van der Waals surface area contributed by atoms with Crippen LogP contribution in [0.15, 0.2) is 22.1 Å². The van der Waals surface area contributed by atoms with Crippen molar-refractivity contribution in [2.24, 2.45) is 7.05 Å². The molecule has 0 unspecified atom stereocenters. The standard InChI is InChI=1S/C7H6N4O2/c1-11-2-4-5(8-3-11)10-7(13)6(12)9-4/h2-3H,1H3,(H,9,12). The first-order valence-electron chi connectivity index (χ1n) is 3.59. The van der Waals surface area contributed by atoms with E-state index in [1.165, 1.54) is 6.33 Å². The van der Waals surface area contributed by atoms with Crippen LogP contribution in [0.2, 0.25) is 0 Å². The minimum absolute atomic E-state index is 0.253. The third-order valence-electron chi connectivity index (χ3n) is 1.59. The zero-order chi connectivity index (χ0) is 9.42. The van der Waals surface area contributed by atoms with Crippen molar-refractivity contribution in [3.63, 3.8) is 0 Å². The second-order valence-corrected chi connectivity index (χ2v) is 2.65. The Balaban J connectivity index is 2.91. The Morgan fingerprint density at radius 3 is 3.00 bits per heavy atom. The molecule has 0 atom stereocenters. The normalized spacial score (nSPS) is 10.5. The molecule has 6 nitrogen and oxygen atoms in total. The van der Waals surface area contributed by atoms with Crippen LogP contribution >= 0.6 is 0 Å². The summed E-state index contributed by atoms with van der Waals surface area (Å²) in [6.07, 6.45) is 3.14. The van der Waals surface area contributed by atoms with Gasteiger partial charge in [0.25, 0.3) is 0 Å². The SMILES string of the molecule is Cn1cnc2nc(=O)c(=O)[nH]c-2c1. The molecule has 2 heterocycles. The molecule has 0 aromatic carbocycles. The van der Waals surface area contributed by atoms with Crippen molar-refractivity contribution in [2.75, 3.05) is 0 Å². The summed E-state index contributed by atoms with van der Waals surface area (Å²) in [5.41, 5.74) is -1.08. The third kappa shape index (κ3) is 1.22. The smallest absolute Gasteiger partial charge is 0.337 e. The van der Waals surface area contributed by atoms with Gasteiger partial charge >= 0.3 is 11.1 Å². The maximum Gasteiger partial charge on any atom is 0.337 e. The highest BCUT2D eigenvalue weighted by Crippen LogP contribution is 2.06. The first-order chi connectivity index (χ1) is 6.16. The van der Waals surface area contributed by atoms with E-state index in [4.69, 9.17) is 0 Å². The topological polar surface area (TPSA) is 80.6 Å². The minimum Gasteiger partial charge on any atom is -0.340 e. The fourth-order valence-corrected chi connectivity index (χ4v) is 1.01. The molecule has 2 rings (SSSR count). The van der Waals surface area contributed by atoms with Crippen LogP contribution in [0.25, 0.3) is 11.5 Å². The number of nitrogens with one attached hydrogen (secondary N) is 1. The Hall–Kier alpha value is -1.98. The van der Waals surface area contributed by atoms with E-state index in [1.54, 1.807) is 17.8 Å². The molecule has 0 aromatic heterocycles. The van der Waals surface area contributed by atoms with Crippen molar-refractivity contribution in [1.29, 1.82) is 0 Å². The van der Waals surface area contributed by atoms with E-state index in [1.807, 2.05) is 0 Å². The van der Waals surface area contributed by atoms with E-state index in [0.717, 1.165) is 0 Å². The van der Waals surface area contributed by atoms with Gasteiger partial charge in [0.2, 0.25) is 0 Å². The number of hydrogen-bond donors (Lipinski definition) is 1. The predicted octanol–water partition coefficient (Wildman–Crippen LogP) is -1.03. The van der Waals surface area contributed by atoms with E-state index >= 15 is 0 Å². The van der Waals surface area contributed by atoms with Crippen LogP contribution in [-0.4, -0.2) is 19.5 Å². The van der Waals surface area contributed by atoms with Crippen molar-refractivity contribution in [1.82, 2.24) is 19.5 Å². The Bertz CT molecular complexity index is 527. The van der Waals surface area contributed by atoms with Crippen molar-refractivity contribution in [3.8, 4) is 11.5 Å². The van der Waals surface area contributed by atoms with Gasteiger partial charge in [0.15, 0.2) is 5.82 Å². The summed E-state index contributed by atoms with van der Waals surface area (Å²) in [5.74, 6) is 0.253. The number of hydrogen-bond acceptors (Lipinski definition) is 4. The molecular weight excluding hydrogens is 172 g/mol. The maximum absolute atomic E-state index is 10.9. The fourth-order valence-electron chi connectivity index (χ4n) is 1.01. The zero-order valence-electron chi connectivity index (χ0n) is 6.81. The van der Waals surface area contributed by atoms with Crippen LogP contribution in [0, 0.1) is 0 Å². The molecule has 2 aliphatic heterocycles. The summed E-state index contributed by atoms with van der Waals surface area (Å²) in [4.78, 5) is 31.4. The number of fused-ring (bicyclic) bond motifs is 1. The quantitative estimate of drug-likeness (QED) is 0.523. The number of nitrogens with zero attached hydrogens (tertiary/aromatic N) is 3. The van der Waals surface area contributed by atoms with Gasteiger partial charge in [0.05, 0.1) is 6.33 Å². The average molecular weight is 178 g/mol. The molecule has 1 N–H and O–H groups in total. The van der Waals surface area contributed by atoms with Gasteiger partial charge in [-0.15, -0.1) is 0 Å². The van der Waals surface area contributed by atoms with Gasteiger partial charge in [0.1, 0.15) is 5.69 Å². The Kier molecular flexibility index (Phi) is 1.48. The molecule has 0 saturated heterocycles. The first-order valence-corrected chi connectivity index (χ1v) is 3.59. The van der Waals surface area contributed by atoms with Crippen LogP contribution in [0.1, 0.15) is 0 Å². The monoisotopic (exact) mass is 178 g/mol. The van der Waals surface area contributed by atoms with Crippen LogP contribution in [0.4, 0.5) is 0 Å². The number of rotatable bonds is 0. The number of aromatic amines is 1. The van der Waals surface area contributed by atoms with E-state index in [9.17, 15) is 9.59 Å². The maximum atomic E-state index is 10.9. The molecule has 0 amide bonds. The predicted molar refractivity (Wildman–Crippen MR) is 44.5 cm³/mol. The molecule has 0 saturated carbocycles. The Labute approximate surface area is 72.2 Å². The van der Waals surface area contributed by atoms with Crippen LogP contribution in [0.5, 0.6) is 0 Å². The second kappa shape index (κ2) is 2.51. The van der Waals surface area contributed by atoms with Gasteiger partial charge in [-0.1, -0.05) is 0 Å². The molecule has 0 spiro atoms. The number of aromatic nitrogens is 4. The minimum atomic E-state index is -0.811. The highest BCUT2D eigenvalue weighted by molar-refractivity contribution is 5.46. The van der Waals surface area contributed by atoms with Gasteiger partial charge < -0.3 is 9.55 Å². The second-order valence-electron chi connectivity index (χ2n) is 2.65. The van der Waals surface area contributed by atoms with Crippen LogP contribution in [-0.2, 0) is 7.05 Å². The van der Waals surface area contributed by atoms with Gasteiger partial charge in [-0.2, -0.15) is 4.98 Å². The molecule has 0 aliphatic carbocycles. The lowest BCUT2D eigenvalue weighted by Gasteiger charge is -2.03. The molecule has 66 valence electrons. The average Bonchev–Trinajstić information content (AvgIpc) is 2.08. The van der Waals surface area contributed by atoms with E-state index in [-0.39, 0.29) is 5.82 Å². The molecule has 2 aliphatic rings. The highest BCUT2D eigenvalue weighted by atomic mass is 16.2. The summed E-state index contributed by atoms with van der Waals surface area (Å²) < 4.78 is 1.66. The van der Waals surface area contributed by atoms with Crippen LogP contribution < -0.4 is 11.1 Å². The lowest BCUT2D eigenvalue weighted by molar-refractivity contribution is 0.841. The molecule has 6 heteroatoms. The van der Waals surface area contributed by atoms with Gasteiger partial charge in [0, 0.05) is 13.2 Å². The van der Waals surface area contributed by atoms with Crippen LogP contribution in [0.3, 0.4) is 0 Å². The molecular formula is C7H6N4O2. The lowest BCUT2D eigenvalue weighted by atomic mass is 10.4. The first kappa shape index (κ1) is 7.66. The highest BCUT2D eigenvalue weighted by Gasteiger charge is 2.07. The summed E-state index contributed by atoms with van der Waals surface area (Å²) in [7, 11) is 1.76. The fraction of sp³-hybridized carbons (Fsp3) is 0.143.